The zero-order chi connectivity index (χ0) is 14.7. The lowest BCUT2D eigenvalue weighted by molar-refractivity contribution is -0.121. The number of anilines is 2. The van der Waals surface area contributed by atoms with Crippen LogP contribution in [0.1, 0.15) is 19.8 Å². The lowest BCUT2D eigenvalue weighted by Crippen LogP contribution is -2.47. The van der Waals surface area contributed by atoms with Crippen LogP contribution in [0.3, 0.4) is 0 Å². The predicted octanol–water partition coefficient (Wildman–Crippen LogP) is 1.71. The van der Waals surface area contributed by atoms with Gasteiger partial charge in [0.25, 0.3) is 0 Å². The molecule has 0 spiro atoms. The van der Waals surface area contributed by atoms with Crippen molar-refractivity contribution in [2.24, 2.45) is 0 Å². The van der Waals surface area contributed by atoms with E-state index in [0.29, 0.717) is 29.2 Å². The van der Waals surface area contributed by atoms with E-state index in [0.717, 1.165) is 13.1 Å². The highest BCUT2D eigenvalue weighted by atomic mass is 35.5. The minimum atomic E-state index is -0.238. The van der Waals surface area contributed by atoms with E-state index in [1.165, 1.54) is 0 Å². The summed E-state index contributed by atoms with van der Waals surface area (Å²) >= 11 is 5.85. The maximum absolute atomic E-state index is 12.2. The molecule has 0 aliphatic carbocycles. The fraction of sp³-hybridized carbons (Fsp3) is 0.500. The predicted molar refractivity (Wildman–Crippen MR) is 80.8 cm³/mol. The summed E-state index contributed by atoms with van der Waals surface area (Å²) in [7, 11) is 0. The molecule has 2 rings (SSSR count). The number of piperidine rings is 1. The van der Waals surface area contributed by atoms with Gasteiger partial charge in [-0.15, -0.1) is 0 Å². The summed E-state index contributed by atoms with van der Waals surface area (Å²) in [5.74, 6) is -0.0805. The Labute approximate surface area is 123 Å². The number of nitrogens with one attached hydrogen (secondary N) is 1. The molecule has 0 bridgehead atoms. The van der Waals surface area contributed by atoms with Crippen LogP contribution >= 0.6 is 11.6 Å². The Morgan fingerprint density at radius 2 is 2.15 bits per heavy atom. The molecule has 4 N–H and O–H groups in total. The number of aliphatic hydroxyl groups excluding tert-OH is 1. The fourth-order valence-corrected chi connectivity index (χ4v) is 2.42. The molecule has 0 aromatic heterocycles. The van der Waals surface area contributed by atoms with Gasteiger partial charge >= 0.3 is 0 Å². The number of nitrogens with zero attached hydrogens (tertiary/aromatic N) is 1. The minimum Gasteiger partial charge on any atom is -0.397 e. The van der Waals surface area contributed by atoms with E-state index in [4.69, 9.17) is 17.3 Å². The van der Waals surface area contributed by atoms with Crippen molar-refractivity contribution in [1.29, 1.82) is 0 Å². The molecular weight excluding hydrogens is 278 g/mol. The van der Waals surface area contributed by atoms with Crippen LogP contribution in [0.5, 0.6) is 0 Å². The second-order valence-electron chi connectivity index (χ2n) is 5.17. The van der Waals surface area contributed by atoms with Gasteiger partial charge in [0.2, 0.25) is 5.91 Å². The molecular formula is C14H20ClN3O2. The first kappa shape index (κ1) is 15.1. The van der Waals surface area contributed by atoms with E-state index >= 15 is 0 Å². The van der Waals surface area contributed by atoms with Crippen LogP contribution in [0.2, 0.25) is 5.02 Å². The smallest absolute Gasteiger partial charge is 0.241 e. The molecule has 1 aliphatic rings. The normalized spacial score (nSPS) is 18.8. The average Bonchev–Trinajstić information content (AvgIpc) is 2.43. The summed E-state index contributed by atoms with van der Waals surface area (Å²) in [6.07, 6.45) is 1.19. The zero-order valence-corrected chi connectivity index (χ0v) is 12.2. The average molecular weight is 298 g/mol. The van der Waals surface area contributed by atoms with Crippen molar-refractivity contribution in [3.05, 3.63) is 23.2 Å². The van der Waals surface area contributed by atoms with Crippen LogP contribution in [0.4, 0.5) is 11.4 Å². The largest absolute Gasteiger partial charge is 0.397 e. The molecule has 5 nitrogen and oxygen atoms in total. The number of halogens is 1. The van der Waals surface area contributed by atoms with E-state index in [1.54, 1.807) is 18.2 Å². The Morgan fingerprint density at radius 3 is 2.75 bits per heavy atom. The third-order valence-corrected chi connectivity index (χ3v) is 4.03. The van der Waals surface area contributed by atoms with Gasteiger partial charge in [-0.25, -0.2) is 0 Å². The third-order valence-electron chi connectivity index (χ3n) is 3.69. The summed E-state index contributed by atoms with van der Waals surface area (Å²) in [6.45, 7) is 3.34. The zero-order valence-electron chi connectivity index (χ0n) is 11.5. The van der Waals surface area contributed by atoms with Crippen molar-refractivity contribution in [2.45, 2.75) is 31.9 Å². The Kier molecular flexibility index (Phi) is 4.86. The maximum Gasteiger partial charge on any atom is 0.241 e. The number of aliphatic hydroxyl groups is 1. The first-order valence-electron chi connectivity index (χ1n) is 6.75. The lowest BCUT2D eigenvalue weighted by Gasteiger charge is -2.33. The van der Waals surface area contributed by atoms with Gasteiger partial charge in [0.15, 0.2) is 0 Å². The van der Waals surface area contributed by atoms with Gasteiger partial charge in [-0.2, -0.15) is 0 Å². The molecule has 0 radical (unpaired) electrons. The maximum atomic E-state index is 12.2. The summed E-state index contributed by atoms with van der Waals surface area (Å²) in [5, 5.41) is 12.8. The minimum absolute atomic E-state index is 0.0805. The standard InChI is InChI=1S/C14H20ClN3O2/c1-9(18-6-4-11(19)5-7-18)14(20)17-10-2-3-12(15)13(16)8-10/h2-3,8-9,11,19H,4-7,16H2,1H3,(H,17,20). The SMILES string of the molecule is CC(C(=O)Nc1ccc(Cl)c(N)c1)N1CCC(O)CC1. The highest BCUT2D eigenvalue weighted by Gasteiger charge is 2.25. The Balaban J connectivity index is 1.95. The molecule has 1 aromatic carbocycles. The van der Waals surface area contributed by atoms with Crippen LogP contribution in [0.25, 0.3) is 0 Å². The van der Waals surface area contributed by atoms with Gasteiger partial charge < -0.3 is 16.2 Å². The van der Waals surface area contributed by atoms with E-state index in [9.17, 15) is 9.90 Å². The molecule has 1 heterocycles. The molecule has 1 aliphatic heterocycles. The monoisotopic (exact) mass is 297 g/mol. The van der Waals surface area contributed by atoms with Crippen LogP contribution in [0.15, 0.2) is 18.2 Å². The van der Waals surface area contributed by atoms with Crippen molar-refractivity contribution in [1.82, 2.24) is 4.90 Å². The number of hydrogen-bond donors (Lipinski definition) is 3. The molecule has 20 heavy (non-hydrogen) atoms. The number of nitrogens with two attached hydrogens (primary N) is 1. The first-order chi connectivity index (χ1) is 9.47. The summed E-state index contributed by atoms with van der Waals surface area (Å²) in [6, 6.07) is 4.80. The molecule has 6 heteroatoms. The van der Waals surface area contributed by atoms with Crippen molar-refractivity contribution < 1.29 is 9.90 Å². The topological polar surface area (TPSA) is 78.6 Å². The molecule has 110 valence electrons. The van der Waals surface area contributed by atoms with E-state index < -0.39 is 0 Å². The van der Waals surface area contributed by atoms with Gasteiger partial charge in [0, 0.05) is 18.8 Å². The highest BCUT2D eigenvalue weighted by Crippen LogP contribution is 2.23. The number of amides is 1. The first-order valence-corrected chi connectivity index (χ1v) is 7.13. The third kappa shape index (κ3) is 3.62. The number of hydrogen-bond acceptors (Lipinski definition) is 4. The van der Waals surface area contributed by atoms with Crippen molar-refractivity contribution in [3.8, 4) is 0 Å². The molecule has 1 aromatic rings. The highest BCUT2D eigenvalue weighted by molar-refractivity contribution is 6.33. The van der Waals surface area contributed by atoms with Crippen LogP contribution in [-0.2, 0) is 4.79 Å². The van der Waals surface area contributed by atoms with E-state index in [2.05, 4.69) is 10.2 Å². The van der Waals surface area contributed by atoms with E-state index in [1.807, 2.05) is 6.92 Å². The van der Waals surface area contributed by atoms with Crippen LogP contribution in [0, 0.1) is 0 Å². The number of carbonyl (C=O) groups excluding carboxylic acids is 1. The summed E-state index contributed by atoms with van der Waals surface area (Å²) < 4.78 is 0. The molecule has 0 saturated carbocycles. The number of likely N-dealkylation sites (tertiary alicyclic amines) is 1. The van der Waals surface area contributed by atoms with Gasteiger partial charge in [-0.05, 0) is 38.0 Å². The second kappa shape index (κ2) is 6.43. The summed E-state index contributed by atoms with van der Waals surface area (Å²) in [5.41, 5.74) is 6.79. The van der Waals surface area contributed by atoms with Crippen LogP contribution < -0.4 is 11.1 Å². The van der Waals surface area contributed by atoms with E-state index in [-0.39, 0.29) is 18.1 Å². The van der Waals surface area contributed by atoms with Gasteiger partial charge in [-0.1, -0.05) is 11.6 Å². The lowest BCUT2D eigenvalue weighted by atomic mass is 10.1. The second-order valence-corrected chi connectivity index (χ2v) is 5.58. The van der Waals surface area contributed by atoms with Gasteiger partial charge in [-0.3, -0.25) is 9.69 Å². The quantitative estimate of drug-likeness (QED) is 0.742. The van der Waals surface area contributed by atoms with Crippen molar-refractivity contribution in [3.63, 3.8) is 0 Å². The van der Waals surface area contributed by atoms with Gasteiger partial charge in [0.05, 0.1) is 22.9 Å². The number of benzene rings is 1. The molecule has 1 saturated heterocycles. The fourth-order valence-electron chi connectivity index (χ4n) is 2.31. The number of carbonyl (C=O) groups is 1. The molecule has 1 atom stereocenters. The molecule has 1 fully saturated rings. The summed E-state index contributed by atoms with van der Waals surface area (Å²) in [4.78, 5) is 14.3. The van der Waals surface area contributed by atoms with Crippen molar-refractivity contribution >= 4 is 28.9 Å². The van der Waals surface area contributed by atoms with Crippen LogP contribution in [-0.4, -0.2) is 41.1 Å². The molecule has 1 unspecified atom stereocenters. The Hall–Kier alpha value is -1.30. The number of nitrogen functional groups attached to an aromatic ring is 1. The number of rotatable bonds is 3. The molecule has 1 amide bonds. The Bertz CT molecular complexity index is 487. The van der Waals surface area contributed by atoms with Gasteiger partial charge in [0.1, 0.15) is 0 Å². The Morgan fingerprint density at radius 1 is 1.50 bits per heavy atom. The van der Waals surface area contributed by atoms with Crippen molar-refractivity contribution in [2.75, 3.05) is 24.1 Å².